The number of terminal acetylenes is 1. The van der Waals surface area contributed by atoms with Crippen LogP contribution < -0.4 is 5.32 Å². The Morgan fingerprint density at radius 1 is 1.60 bits per heavy atom. The van der Waals surface area contributed by atoms with Gasteiger partial charge in [0.05, 0.1) is 6.04 Å². The van der Waals surface area contributed by atoms with Crippen LogP contribution in [0.2, 0.25) is 0 Å². The van der Waals surface area contributed by atoms with E-state index in [0.717, 1.165) is 17.6 Å². The molecule has 76 valence electrons. The van der Waals surface area contributed by atoms with Crippen molar-refractivity contribution in [3.63, 3.8) is 0 Å². The Morgan fingerprint density at radius 2 is 2.47 bits per heavy atom. The zero-order valence-corrected chi connectivity index (χ0v) is 9.34. The summed E-state index contributed by atoms with van der Waals surface area (Å²) in [6, 6.07) is 4.14. The molecule has 0 aliphatic carbocycles. The molecule has 0 saturated carbocycles. The molecule has 0 bridgehead atoms. The maximum atomic E-state index is 5.41. The number of nitrogens with one attached hydrogen (secondary N) is 1. The zero-order valence-electron chi connectivity index (χ0n) is 8.53. The van der Waals surface area contributed by atoms with Gasteiger partial charge in [-0.05, 0) is 23.9 Å². The maximum absolute atomic E-state index is 5.41. The SMILES string of the molecule is C#CC(CC)Nc1nccc2sccc12. The van der Waals surface area contributed by atoms with Gasteiger partial charge in [0.2, 0.25) is 0 Å². The molecule has 1 N–H and O–H groups in total. The number of pyridine rings is 1. The normalized spacial score (nSPS) is 12.3. The molecular formula is C12H12N2S. The fraction of sp³-hybridized carbons (Fsp3) is 0.250. The first-order valence-electron chi connectivity index (χ1n) is 4.90. The molecule has 0 amide bonds. The van der Waals surface area contributed by atoms with Crippen molar-refractivity contribution in [1.29, 1.82) is 0 Å². The van der Waals surface area contributed by atoms with Crippen LogP contribution in [0.15, 0.2) is 23.7 Å². The average Bonchev–Trinajstić information content (AvgIpc) is 2.74. The van der Waals surface area contributed by atoms with Gasteiger partial charge in [-0.3, -0.25) is 0 Å². The zero-order chi connectivity index (χ0) is 10.7. The Bertz CT molecular complexity index is 496. The molecule has 2 nitrogen and oxygen atoms in total. The first-order valence-corrected chi connectivity index (χ1v) is 5.78. The summed E-state index contributed by atoms with van der Waals surface area (Å²) >= 11 is 1.71. The lowest BCUT2D eigenvalue weighted by molar-refractivity contribution is 0.853. The van der Waals surface area contributed by atoms with E-state index in [1.165, 1.54) is 4.70 Å². The molecule has 0 saturated heterocycles. The molecule has 1 atom stereocenters. The van der Waals surface area contributed by atoms with Crippen molar-refractivity contribution in [1.82, 2.24) is 4.98 Å². The summed E-state index contributed by atoms with van der Waals surface area (Å²) in [4.78, 5) is 4.31. The minimum atomic E-state index is 0.0583. The highest BCUT2D eigenvalue weighted by molar-refractivity contribution is 7.17. The third kappa shape index (κ3) is 1.95. The Hall–Kier alpha value is -1.53. The lowest BCUT2D eigenvalue weighted by Crippen LogP contribution is -2.16. The Morgan fingerprint density at radius 3 is 3.20 bits per heavy atom. The molecule has 0 aromatic carbocycles. The molecule has 0 spiro atoms. The second-order valence-corrected chi connectivity index (χ2v) is 4.21. The monoisotopic (exact) mass is 216 g/mol. The van der Waals surface area contributed by atoms with Crippen LogP contribution in [-0.4, -0.2) is 11.0 Å². The molecule has 2 aromatic rings. The van der Waals surface area contributed by atoms with Crippen molar-refractivity contribution in [3.8, 4) is 12.3 Å². The molecule has 15 heavy (non-hydrogen) atoms. The second-order valence-electron chi connectivity index (χ2n) is 3.26. The van der Waals surface area contributed by atoms with Gasteiger partial charge < -0.3 is 5.32 Å². The number of hydrogen-bond acceptors (Lipinski definition) is 3. The van der Waals surface area contributed by atoms with Gasteiger partial charge in [-0.15, -0.1) is 17.8 Å². The topological polar surface area (TPSA) is 24.9 Å². The van der Waals surface area contributed by atoms with Gasteiger partial charge in [0.15, 0.2) is 0 Å². The molecule has 0 aliphatic rings. The molecular weight excluding hydrogens is 204 g/mol. The number of anilines is 1. The lowest BCUT2D eigenvalue weighted by Gasteiger charge is -2.11. The summed E-state index contributed by atoms with van der Waals surface area (Å²) in [6.45, 7) is 2.06. The van der Waals surface area contributed by atoms with Crippen molar-refractivity contribution in [2.45, 2.75) is 19.4 Å². The van der Waals surface area contributed by atoms with Crippen LogP contribution in [-0.2, 0) is 0 Å². The predicted molar refractivity (Wildman–Crippen MR) is 66.2 cm³/mol. The Balaban J connectivity index is 2.35. The molecule has 1 unspecified atom stereocenters. The summed E-state index contributed by atoms with van der Waals surface area (Å²) < 4.78 is 1.24. The van der Waals surface area contributed by atoms with E-state index < -0.39 is 0 Å². The van der Waals surface area contributed by atoms with Crippen LogP contribution in [0.4, 0.5) is 5.82 Å². The van der Waals surface area contributed by atoms with Crippen LogP contribution >= 0.6 is 11.3 Å². The van der Waals surface area contributed by atoms with Crippen molar-refractivity contribution in [2.24, 2.45) is 0 Å². The predicted octanol–water partition coefficient (Wildman–Crippen LogP) is 3.12. The minimum absolute atomic E-state index is 0.0583. The van der Waals surface area contributed by atoms with Gasteiger partial charge in [-0.25, -0.2) is 4.98 Å². The smallest absolute Gasteiger partial charge is 0.135 e. The third-order valence-electron chi connectivity index (χ3n) is 2.30. The fourth-order valence-electron chi connectivity index (χ4n) is 1.44. The summed E-state index contributed by atoms with van der Waals surface area (Å²) in [5.41, 5.74) is 0. The minimum Gasteiger partial charge on any atom is -0.356 e. The van der Waals surface area contributed by atoms with Crippen molar-refractivity contribution in [2.75, 3.05) is 5.32 Å². The van der Waals surface area contributed by atoms with Gasteiger partial charge in [0, 0.05) is 16.3 Å². The highest BCUT2D eigenvalue weighted by Gasteiger charge is 2.06. The van der Waals surface area contributed by atoms with Gasteiger partial charge in [-0.2, -0.15) is 0 Å². The third-order valence-corrected chi connectivity index (χ3v) is 3.18. The van der Waals surface area contributed by atoms with Gasteiger partial charge >= 0.3 is 0 Å². The molecule has 0 fully saturated rings. The number of hydrogen-bond donors (Lipinski definition) is 1. The van der Waals surface area contributed by atoms with Crippen molar-refractivity contribution in [3.05, 3.63) is 23.7 Å². The largest absolute Gasteiger partial charge is 0.356 e. The molecule has 2 rings (SSSR count). The molecule has 2 aromatic heterocycles. The van der Waals surface area contributed by atoms with E-state index in [0.29, 0.717) is 0 Å². The van der Waals surface area contributed by atoms with E-state index in [1.807, 2.05) is 12.3 Å². The quantitative estimate of drug-likeness (QED) is 0.797. The fourth-order valence-corrected chi connectivity index (χ4v) is 2.22. The van der Waals surface area contributed by atoms with E-state index in [1.54, 1.807) is 11.3 Å². The summed E-state index contributed by atoms with van der Waals surface area (Å²) in [5.74, 6) is 3.60. The summed E-state index contributed by atoms with van der Waals surface area (Å²) in [6.07, 6.45) is 8.12. The molecule has 3 heteroatoms. The van der Waals surface area contributed by atoms with E-state index in [4.69, 9.17) is 6.42 Å². The summed E-state index contributed by atoms with van der Waals surface area (Å²) in [5, 5.41) is 6.48. The van der Waals surface area contributed by atoms with Crippen LogP contribution in [0.5, 0.6) is 0 Å². The van der Waals surface area contributed by atoms with Crippen LogP contribution in [0.1, 0.15) is 13.3 Å². The maximum Gasteiger partial charge on any atom is 0.135 e. The first-order chi connectivity index (χ1) is 7.35. The van der Waals surface area contributed by atoms with Crippen molar-refractivity contribution >= 4 is 27.2 Å². The van der Waals surface area contributed by atoms with E-state index >= 15 is 0 Å². The Kier molecular flexibility index (Phi) is 2.89. The van der Waals surface area contributed by atoms with Gasteiger partial charge in [0.25, 0.3) is 0 Å². The van der Waals surface area contributed by atoms with Gasteiger partial charge in [-0.1, -0.05) is 12.8 Å². The highest BCUT2D eigenvalue weighted by atomic mass is 32.1. The molecule has 2 heterocycles. The van der Waals surface area contributed by atoms with Crippen LogP contribution in [0.25, 0.3) is 10.1 Å². The highest BCUT2D eigenvalue weighted by Crippen LogP contribution is 2.26. The standard InChI is InChI=1S/C12H12N2S/c1-3-9(4-2)14-12-10-6-8-15-11(10)5-7-13-12/h1,5-9H,4H2,2H3,(H,13,14). The number of aromatic nitrogens is 1. The number of rotatable bonds is 3. The van der Waals surface area contributed by atoms with Crippen LogP contribution in [0, 0.1) is 12.3 Å². The number of thiophene rings is 1. The van der Waals surface area contributed by atoms with Crippen molar-refractivity contribution < 1.29 is 0 Å². The molecule has 0 aliphatic heterocycles. The Labute approximate surface area is 93.3 Å². The second kappa shape index (κ2) is 4.33. The van der Waals surface area contributed by atoms with Gasteiger partial charge in [0.1, 0.15) is 5.82 Å². The van der Waals surface area contributed by atoms with Crippen LogP contribution in [0.3, 0.4) is 0 Å². The molecule has 0 radical (unpaired) electrons. The van der Waals surface area contributed by atoms with E-state index in [2.05, 4.69) is 34.6 Å². The number of nitrogens with zero attached hydrogens (tertiary/aromatic N) is 1. The van der Waals surface area contributed by atoms with E-state index in [-0.39, 0.29) is 6.04 Å². The first kappa shape index (κ1) is 10.0. The average molecular weight is 216 g/mol. The lowest BCUT2D eigenvalue weighted by atomic mass is 10.2. The summed E-state index contributed by atoms with van der Waals surface area (Å²) in [7, 11) is 0. The number of fused-ring (bicyclic) bond motifs is 1. The van der Waals surface area contributed by atoms with E-state index in [9.17, 15) is 0 Å².